The average molecular weight is 614 g/mol. The average Bonchev–Trinajstić information content (AvgIpc) is 3.03. The Bertz CT molecular complexity index is 1670. The summed E-state index contributed by atoms with van der Waals surface area (Å²) >= 11 is 0. The van der Waals surface area contributed by atoms with Crippen molar-refractivity contribution in [2.45, 2.75) is 44.7 Å². The lowest BCUT2D eigenvalue weighted by atomic mass is 10.0. The second-order valence-electron chi connectivity index (χ2n) is 10.5. The van der Waals surface area contributed by atoms with E-state index in [0.717, 1.165) is 26.6 Å². The van der Waals surface area contributed by atoms with Crippen molar-refractivity contribution in [3.63, 3.8) is 0 Å². The molecular formula is C35H39N3O5S. The number of carbonyl (C=O) groups excluding carboxylic acids is 2. The predicted octanol–water partition coefficient (Wildman–Crippen LogP) is 5.28. The van der Waals surface area contributed by atoms with E-state index >= 15 is 0 Å². The smallest absolute Gasteiger partial charge is 0.264 e. The van der Waals surface area contributed by atoms with Gasteiger partial charge in [0, 0.05) is 20.0 Å². The number of rotatable bonds is 13. The molecule has 0 aliphatic heterocycles. The van der Waals surface area contributed by atoms with E-state index in [1.54, 1.807) is 36.4 Å². The summed E-state index contributed by atoms with van der Waals surface area (Å²) in [4.78, 5) is 29.4. The molecule has 0 spiro atoms. The molecule has 8 nitrogen and oxygen atoms in total. The van der Waals surface area contributed by atoms with Crippen LogP contribution in [0.1, 0.15) is 29.2 Å². The van der Waals surface area contributed by atoms with Crippen LogP contribution < -0.4 is 14.4 Å². The van der Waals surface area contributed by atoms with Crippen molar-refractivity contribution in [1.82, 2.24) is 10.2 Å². The lowest BCUT2D eigenvalue weighted by Crippen LogP contribution is -2.53. The molecule has 1 N–H and O–H groups in total. The Kier molecular flexibility index (Phi) is 10.8. The van der Waals surface area contributed by atoms with Gasteiger partial charge in [-0.1, -0.05) is 84.4 Å². The van der Waals surface area contributed by atoms with E-state index in [9.17, 15) is 18.0 Å². The molecular weight excluding hydrogens is 574 g/mol. The Hall–Kier alpha value is -4.63. The van der Waals surface area contributed by atoms with Crippen LogP contribution in [0.5, 0.6) is 5.75 Å². The quantitative estimate of drug-likeness (QED) is 0.221. The standard InChI is InChI=1S/C35H39N3O5S/c1-5-43-33-18-12-11-17-31(33)38(44(41,42)30-21-19-26(2)20-22-30)25-34(39)37(24-29-16-10-9-13-27(29)3)32(35(40)36-4)23-28-14-7-6-8-15-28/h6-22,32H,5,23-25H2,1-4H3,(H,36,40)/t32-/m1/s1. The highest BCUT2D eigenvalue weighted by atomic mass is 32.2. The fraction of sp³-hybridized carbons (Fsp3) is 0.257. The summed E-state index contributed by atoms with van der Waals surface area (Å²) in [5.41, 5.74) is 3.81. The van der Waals surface area contributed by atoms with Crippen molar-refractivity contribution in [1.29, 1.82) is 0 Å². The third-order valence-corrected chi connectivity index (χ3v) is 9.22. The molecule has 0 aliphatic carbocycles. The van der Waals surface area contributed by atoms with Gasteiger partial charge in [-0.3, -0.25) is 13.9 Å². The molecule has 0 fully saturated rings. The number of anilines is 1. The van der Waals surface area contributed by atoms with Gasteiger partial charge in [-0.15, -0.1) is 0 Å². The van der Waals surface area contributed by atoms with Gasteiger partial charge in [0.05, 0.1) is 17.2 Å². The Morgan fingerprint density at radius 2 is 1.48 bits per heavy atom. The number of hydrogen-bond donors (Lipinski definition) is 1. The third kappa shape index (κ3) is 7.65. The minimum absolute atomic E-state index is 0.0415. The number of ether oxygens (including phenoxy) is 1. The molecule has 0 heterocycles. The number of nitrogens with one attached hydrogen (secondary N) is 1. The molecule has 1 atom stereocenters. The molecule has 9 heteroatoms. The van der Waals surface area contributed by atoms with Crippen molar-refractivity contribution in [3.8, 4) is 5.75 Å². The number of aryl methyl sites for hydroxylation is 2. The molecule has 4 rings (SSSR count). The fourth-order valence-electron chi connectivity index (χ4n) is 4.98. The third-order valence-electron chi connectivity index (χ3n) is 7.44. The Labute approximate surface area is 260 Å². The Morgan fingerprint density at radius 3 is 2.14 bits per heavy atom. The first-order valence-electron chi connectivity index (χ1n) is 14.6. The second-order valence-corrected chi connectivity index (χ2v) is 12.4. The molecule has 0 aromatic heterocycles. The van der Waals surface area contributed by atoms with E-state index in [1.165, 1.54) is 24.1 Å². The van der Waals surface area contributed by atoms with E-state index in [1.807, 2.05) is 75.4 Å². The highest BCUT2D eigenvalue weighted by molar-refractivity contribution is 7.92. The summed E-state index contributed by atoms with van der Waals surface area (Å²) in [5, 5.41) is 2.71. The number of carbonyl (C=O) groups is 2. The van der Waals surface area contributed by atoms with E-state index < -0.39 is 28.5 Å². The number of nitrogens with zero attached hydrogens (tertiary/aromatic N) is 2. The maximum Gasteiger partial charge on any atom is 0.264 e. The van der Waals surface area contributed by atoms with Crippen LogP contribution >= 0.6 is 0 Å². The molecule has 0 saturated carbocycles. The van der Waals surface area contributed by atoms with E-state index in [2.05, 4.69) is 5.32 Å². The van der Waals surface area contributed by atoms with E-state index in [-0.39, 0.29) is 29.5 Å². The number of amides is 2. The fourth-order valence-corrected chi connectivity index (χ4v) is 6.41. The molecule has 0 aliphatic rings. The largest absolute Gasteiger partial charge is 0.492 e. The van der Waals surface area contributed by atoms with Gasteiger partial charge < -0.3 is 15.0 Å². The summed E-state index contributed by atoms with van der Waals surface area (Å²) in [5.74, 6) is -0.547. The van der Waals surface area contributed by atoms with Crippen LogP contribution in [0.4, 0.5) is 5.69 Å². The number of para-hydroxylation sites is 2. The molecule has 44 heavy (non-hydrogen) atoms. The van der Waals surface area contributed by atoms with Crippen LogP contribution in [0, 0.1) is 13.8 Å². The van der Waals surface area contributed by atoms with Crippen molar-refractivity contribution in [2.24, 2.45) is 0 Å². The van der Waals surface area contributed by atoms with Crippen molar-refractivity contribution >= 4 is 27.5 Å². The zero-order valence-corrected chi connectivity index (χ0v) is 26.4. The Morgan fingerprint density at radius 1 is 0.841 bits per heavy atom. The van der Waals surface area contributed by atoms with Gasteiger partial charge in [-0.05, 0) is 61.7 Å². The van der Waals surface area contributed by atoms with Crippen LogP contribution in [-0.2, 0) is 32.6 Å². The van der Waals surface area contributed by atoms with Crippen LogP contribution in [0.25, 0.3) is 0 Å². The van der Waals surface area contributed by atoms with Crippen molar-refractivity contribution in [3.05, 3.63) is 125 Å². The lowest BCUT2D eigenvalue weighted by Gasteiger charge is -2.34. The summed E-state index contributed by atoms with van der Waals surface area (Å²) in [6.07, 6.45) is 0.248. The zero-order valence-electron chi connectivity index (χ0n) is 25.6. The van der Waals surface area contributed by atoms with Crippen molar-refractivity contribution in [2.75, 3.05) is 24.5 Å². The number of benzene rings is 4. The topological polar surface area (TPSA) is 96.0 Å². The maximum atomic E-state index is 14.5. The maximum absolute atomic E-state index is 14.5. The Balaban J connectivity index is 1.83. The molecule has 0 radical (unpaired) electrons. The highest BCUT2D eigenvalue weighted by Crippen LogP contribution is 2.33. The summed E-state index contributed by atoms with van der Waals surface area (Å²) in [6, 6.07) is 29.4. The van der Waals surface area contributed by atoms with Crippen LogP contribution in [0.15, 0.2) is 108 Å². The number of hydrogen-bond acceptors (Lipinski definition) is 5. The molecule has 4 aromatic carbocycles. The van der Waals surface area contributed by atoms with Gasteiger partial charge in [0.25, 0.3) is 10.0 Å². The van der Waals surface area contributed by atoms with Gasteiger partial charge in [-0.2, -0.15) is 0 Å². The first kappa shape index (κ1) is 32.3. The highest BCUT2D eigenvalue weighted by Gasteiger charge is 2.35. The predicted molar refractivity (Wildman–Crippen MR) is 173 cm³/mol. The van der Waals surface area contributed by atoms with Gasteiger partial charge >= 0.3 is 0 Å². The molecule has 4 aromatic rings. The zero-order chi connectivity index (χ0) is 31.7. The molecule has 0 bridgehead atoms. The molecule has 0 unspecified atom stereocenters. The van der Waals surface area contributed by atoms with Gasteiger partial charge in [0.15, 0.2) is 0 Å². The summed E-state index contributed by atoms with van der Waals surface area (Å²) in [6.45, 7) is 5.49. The first-order valence-corrected chi connectivity index (χ1v) is 16.0. The normalized spacial score (nSPS) is 11.8. The summed E-state index contributed by atoms with van der Waals surface area (Å²) in [7, 11) is -2.70. The minimum Gasteiger partial charge on any atom is -0.492 e. The van der Waals surface area contributed by atoms with E-state index in [0.29, 0.717) is 12.4 Å². The lowest BCUT2D eigenvalue weighted by molar-refractivity contribution is -0.139. The van der Waals surface area contributed by atoms with Gasteiger partial charge in [0.1, 0.15) is 18.3 Å². The van der Waals surface area contributed by atoms with Gasteiger partial charge in [0.2, 0.25) is 11.8 Å². The molecule has 2 amide bonds. The molecule has 0 saturated heterocycles. The van der Waals surface area contributed by atoms with Crippen LogP contribution in [0.2, 0.25) is 0 Å². The number of likely N-dealkylation sites (N-methyl/N-ethyl adjacent to an activating group) is 1. The number of sulfonamides is 1. The first-order chi connectivity index (χ1) is 21.1. The second kappa shape index (κ2) is 14.7. The summed E-state index contributed by atoms with van der Waals surface area (Å²) < 4.78 is 35.4. The van der Waals surface area contributed by atoms with Crippen molar-refractivity contribution < 1.29 is 22.7 Å². The molecule has 230 valence electrons. The van der Waals surface area contributed by atoms with Crippen LogP contribution in [0.3, 0.4) is 0 Å². The minimum atomic E-state index is -4.23. The van der Waals surface area contributed by atoms with Crippen LogP contribution in [-0.4, -0.2) is 51.4 Å². The SMILES string of the molecule is CCOc1ccccc1N(CC(=O)N(Cc1ccccc1C)[C@H](Cc1ccccc1)C(=O)NC)S(=O)(=O)c1ccc(C)cc1. The van der Waals surface area contributed by atoms with Gasteiger partial charge in [-0.25, -0.2) is 8.42 Å². The monoisotopic (exact) mass is 613 g/mol. The van der Waals surface area contributed by atoms with E-state index in [4.69, 9.17) is 4.74 Å².